The molecule has 2 aromatic rings. The lowest BCUT2D eigenvalue weighted by molar-refractivity contribution is 0.362. The number of hydrogen-bond donors (Lipinski definition) is 1. The maximum absolute atomic E-state index is 4.43. The summed E-state index contributed by atoms with van der Waals surface area (Å²) in [7, 11) is 0. The molecule has 6 heteroatoms. The van der Waals surface area contributed by atoms with Crippen molar-refractivity contribution in [1.82, 2.24) is 29.6 Å². The summed E-state index contributed by atoms with van der Waals surface area (Å²) in [6.45, 7) is 7.66. The minimum atomic E-state index is 0.514. The van der Waals surface area contributed by atoms with Gasteiger partial charge in [-0.2, -0.15) is 5.10 Å². The Kier molecular flexibility index (Phi) is 2.87. The Morgan fingerprint density at radius 3 is 3.11 bits per heavy atom. The molecule has 0 saturated heterocycles. The Morgan fingerprint density at radius 2 is 2.33 bits per heavy atom. The third-order valence-electron chi connectivity index (χ3n) is 3.37. The Labute approximate surface area is 106 Å². The van der Waals surface area contributed by atoms with Crippen LogP contribution in [-0.4, -0.2) is 30.9 Å². The average Bonchev–Trinajstić information content (AvgIpc) is 2.82. The van der Waals surface area contributed by atoms with Crippen LogP contribution in [0.4, 0.5) is 0 Å². The van der Waals surface area contributed by atoms with E-state index in [1.54, 1.807) is 0 Å². The molecule has 3 rings (SSSR count). The van der Waals surface area contributed by atoms with Gasteiger partial charge in [-0.25, -0.2) is 14.6 Å². The Balaban J connectivity index is 1.76. The summed E-state index contributed by atoms with van der Waals surface area (Å²) in [5, 5.41) is 7.87. The van der Waals surface area contributed by atoms with Crippen LogP contribution in [0.1, 0.15) is 17.5 Å². The van der Waals surface area contributed by atoms with E-state index in [4.69, 9.17) is 0 Å². The van der Waals surface area contributed by atoms with Crippen molar-refractivity contribution in [2.45, 2.75) is 33.5 Å². The molecule has 96 valence electrons. The van der Waals surface area contributed by atoms with E-state index in [1.165, 1.54) is 0 Å². The Morgan fingerprint density at radius 1 is 1.44 bits per heavy atom. The van der Waals surface area contributed by atoms with Gasteiger partial charge in [-0.05, 0) is 13.8 Å². The summed E-state index contributed by atoms with van der Waals surface area (Å²) in [5.74, 6) is 3.46. The highest BCUT2D eigenvalue weighted by atomic mass is 15.3. The fourth-order valence-electron chi connectivity index (χ4n) is 2.51. The molecule has 1 N–H and O–H groups in total. The molecule has 1 aliphatic rings. The van der Waals surface area contributed by atoms with Gasteiger partial charge in [0, 0.05) is 37.9 Å². The third-order valence-corrected chi connectivity index (χ3v) is 3.37. The first-order valence-electron chi connectivity index (χ1n) is 6.31. The van der Waals surface area contributed by atoms with E-state index in [0.29, 0.717) is 5.92 Å². The van der Waals surface area contributed by atoms with Crippen LogP contribution in [0.3, 0.4) is 0 Å². The van der Waals surface area contributed by atoms with Crippen molar-refractivity contribution in [3.05, 3.63) is 29.9 Å². The van der Waals surface area contributed by atoms with Crippen molar-refractivity contribution in [3.8, 4) is 0 Å². The minimum absolute atomic E-state index is 0.514. The zero-order valence-corrected chi connectivity index (χ0v) is 10.8. The predicted octanol–water partition coefficient (Wildman–Crippen LogP) is 0.511. The smallest absolute Gasteiger partial charge is 0.147 e. The number of aromatic nitrogens is 5. The summed E-state index contributed by atoms with van der Waals surface area (Å²) >= 11 is 0. The minimum Gasteiger partial charge on any atom is -0.333 e. The normalized spacial score (nSPS) is 19.6. The second kappa shape index (κ2) is 4.53. The highest BCUT2D eigenvalue weighted by molar-refractivity contribution is 4.95. The highest BCUT2D eigenvalue weighted by Gasteiger charge is 2.18. The molecule has 0 spiro atoms. The summed E-state index contributed by atoms with van der Waals surface area (Å²) in [5.41, 5.74) is 0. The summed E-state index contributed by atoms with van der Waals surface area (Å²) in [4.78, 5) is 8.69. The highest BCUT2D eigenvalue weighted by Crippen LogP contribution is 2.11. The van der Waals surface area contributed by atoms with Crippen LogP contribution in [0.25, 0.3) is 0 Å². The van der Waals surface area contributed by atoms with Gasteiger partial charge in [0.25, 0.3) is 0 Å². The first-order valence-corrected chi connectivity index (χ1v) is 6.31. The Bertz CT molecular complexity index is 541. The van der Waals surface area contributed by atoms with Crippen LogP contribution in [0, 0.1) is 19.8 Å². The molecule has 0 bridgehead atoms. The van der Waals surface area contributed by atoms with Crippen molar-refractivity contribution in [2.24, 2.45) is 5.92 Å². The fourth-order valence-corrected chi connectivity index (χ4v) is 2.51. The number of fused-ring (bicyclic) bond motifs is 1. The van der Waals surface area contributed by atoms with Gasteiger partial charge in [0.1, 0.15) is 17.5 Å². The summed E-state index contributed by atoms with van der Waals surface area (Å²) < 4.78 is 4.23. The molecule has 0 amide bonds. The second-order valence-electron chi connectivity index (χ2n) is 4.88. The second-order valence-corrected chi connectivity index (χ2v) is 4.88. The lowest BCUT2D eigenvalue weighted by Crippen LogP contribution is -2.26. The van der Waals surface area contributed by atoms with Crippen molar-refractivity contribution in [3.63, 3.8) is 0 Å². The maximum atomic E-state index is 4.43. The van der Waals surface area contributed by atoms with Gasteiger partial charge < -0.3 is 9.88 Å². The van der Waals surface area contributed by atoms with E-state index in [1.807, 2.05) is 24.7 Å². The number of hydrogen-bond acceptors (Lipinski definition) is 4. The van der Waals surface area contributed by atoms with E-state index >= 15 is 0 Å². The molecule has 0 unspecified atom stereocenters. The van der Waals surface area contributed by atoms with Crippen molar-refractivity contribution in [2.75, 3.05) is 6.54 Å². The molecule has 2 aromatic heterocycles. The topological polar surface area (TPSA) is 60.6 Å². The quantitative estimate of drug-likeness (QED) is 0.839. The zero-order valence-electron chi connectivity index (χ0n) is 10.8. The van der Waals surface area contributed by atoms with Gasteiger partial charge in [-0.15, -0.1) is 0 Å². The third kappa shape index (κ3) is 2.15. The van der Waals surface area contributed by atoms with Gasteiger partial charge >= 0.3 is 0 Å². The first-order chi connectivity index (χ1) is 8.72. The molecule has 18 heavy (non-hydrogen) atoms. The molecule has 1 aliphatic heterocycles. The SMILES string of the molecule is Cc1nc(C)n(C[C@@H]2CNCc3nccn3C2)n1. The molecular weight excluding hydrogens is 228 g/mol. The number of nitrogens with one attached hydrogen (secondary N) is 1. The van der Waals surface area contributed by atoms with Crippen molar-refractivity contribution in [1.29, 1.82) is 0 Å². The Hall–Kier alpha value is -1.69. The molecule has 0 fully saturated rings. The van der Waals surface area contributed by atoms with Crippen LogP contribution < -0.4 is 5.32 Å². The molecule has 0 saturated carbocycles. The summed E-state index contributed by atoms with van der Waals surface area (Å²) in [6, 6.07) is 0. The largest absolute Gasteiger partial charge is 0.333 e. The number of nitrogens with zero attached hydrogens (tertiary/aromatic N) is 5. The molecule has 0 aliphatic carbocycles. The predicted molar refractivity (Wildman–Crippen MR) is 66.9 cm³/mol. The lowest BCUT2D eigenvalue weighted by atomic mass is 10.1. The van der Waals surface area contributed by atoms with Crippen LogP contribution in [0.5, 0.6) is 0 Å². The van der Waals surface area contributed by atoms with E-state index in [-0.39, 0.29) is 0 Å². The van der Waals surface area contributed by atoms with E-state index in [0.717, 1.165) is 43.7 Å². The van der Waals surface area contributed by atoms with Gasteiger partial charge in [-0.1, -0.05) is 0 Å². The molecule has 1 atom stereocenters. The molecule has 0 aromatic carbocycles. The number of aryl methyl sites for hydroxylation is 2. The maximum Gasteiger partial charge on any atom is 0.147 e. The van der Waals surface area contributed by atoms with Gasteiger partial charge in [-0.3, -0.25) is 0 Å². The van der Waals surface area contributed by atoms with Crippen LogP contribution >= 0.6 is 0 Å². The fraction of sp³-hybridized carbons (Fsp3) is 0.583. The van der Waals surface area contributed by atoms with Crippen LogP contribution in [0.2, 0.25) is 0 Å². The van der Waals surface area contributed by atoms with Crippen LogP contribution in [-0.2, 0) is 19.6 Å². The van der Waals surface area contributed by atoms with Gasteiger partial charge in [0.2, 0.25) is 0 Å². The van der Waals surface area contributed by atoms with Gasteiger partial charge in [0.05, 0.1) is 6.54 Å². The molecule has 6 nitrogen and oxygen atoms in total. The molecule has 0 radical (unpaired) electrons. The monoisotopic (exact) mass is 246 g/mol. The standard InChI is InChI=1S/C12H18N6/c1-9-15-10(2)18(16-9)8-11-5-13-6-12-14-3-4-17(12)7-11/h3-4,11,13H,5-8H2,1-2H3/t11-/m1/s1. The van der Waals surface area contributed by atoms with E-state index < -0.39 is 0 Å². The van der Waals surface area contributed by atoms with Crippen LogP contribution in [0.15, 0.2) is 12.4 Å². The van der Waals surface area contributed by atoms with E-state index in [2.05, 4.69) is 31.1 Å². The average molecular weight is 246 g/mol. The van der Waals surface area contributed by atoms with Gasteiger partial charge in [0.15, 0.2) is 0 Å². The number of rotatable bonds is 2. The lowest BCUT2D eigenvalue weighted by Gasteiger charge is -2.15. The van der Waals surface area contributed by atoms with Crippen molar-refractivity contribution >= 4 is 0 Å². The number of imidazole rings is 1. The first kappa shape index (κ1) is 11.4. The summed E-state index contributed by atoms with van der Waals surface area (Å²) in [6.07, 6.45) is 3.92. The van der Waals surface area contributed by atoms with E-state index in [9.17, 15) is 0 Å². The molecular formula is C12H18N6. The zero-order chi connectivity index (χ0) is 12.5. The van der Waals surface area contributed by atoms with Crippen molar-refractivity contribution < 1.29 is 0 Å². The molecule has 3 heterocycles.